The van der Waals surface area contributed by atoms with Gasteiger partial charge in [0.05, 0.1) is 30.3 Å². The Kier molecular flexibility index (Phi) is 6.30. The fraction of sp³-hybridized carbons (Fsp3) is 0.533. The van der Waals surface area contributed by atoms with Crippen molar-refractivity contribution in [2.24, 2.45) is 11.1 Å². The Morgan fingerprint density at radius 2 is 1.76 bits per heavy atom. The zero-order valence-corrected chi connectivity index (χ0v) is 13.7. The first kappa shape index (κ1) is 17.6. The van der Waals surface area contributed by atoms with Gasteiger partial charge in [0, 0.05) is 18.7 Å². The Hall–Kier alpha value is -1.46. The van der Waals surface area contributed by atoms with Crippen molar-refractivity contribution in [3.8, 4) is 11.5 Å². The predicted octanol–water partition coefficient (Wildman–Crippen LogP) is 3.06. The summed E-state index contributed by atoms with van der Waals surface area (Å²) in [7, 11) is 3.06. The summed E-state index contributed by atoms with van der Waals surface area (Å²) in [6, 6.07) is 3.25. The van der Waals surface area contributed by atoms with Gasteiger partial charge >= 0.3 is 0 Å². The highest BCUT2D eigenvalue weighted by Gasteiger charge is 2.33. The minimum atomic E-state index is -0.587. The van der Waals surface area contributed by atoms with Crippen molar-refractivity contribution in [1.82, 2.24) is 0 Å². The quantitative estimate of drug-likeness (QED) is 0.811. The van der Waals surface area contributed by atoms with Gasteiger partial charge in [-0.15, -0.1) is 0 Å². The van der Waals surface area contributed by atoms with Gasteiger partial charge in [0.2, 0.25) is 5.91 Å². The summed E-state index contributed by atoms with van der Waals surface area (Å²) in [4.78, 5) is 12.5. The number of anilines is 1. The van der Waals surface area contributed by atoms with Crippen LogP contribution in [-0.4, -0.2) is 26.7 Å². The molecule has 0 bridgehead atoms. The number of hydrogen-bond donors (Lipinski definition) is 2. The highest BCUT2D eigenvalue weighted by Crippen LogP contribution is 2.37. The van der Waals surface area contributed by atoms with Crippen LogP contribution in [0.1, 0.15) is 26.7 Å². The Bertz CT molecular complexity index is 494. The molecule has 0 atom stereocenters. The van der Waals surface area contributed by atoms with Crippen molar-refractivity contribution in [2.75, 3.05) is 26.1 Å². The van der Waals surface area contributed by atoms with E-state index >= 15 is 0 Å². The molecule has 0 aromatic heterocycles. The maximum atomic E-state index is 12.5. The van der Waals surface area contributed by atoms with E-state index in [4.69, 9.17) is 26.8 Å². The van der Waals surface area contributed by atoms with Crippen molar-refractivity contribution in [1.29, 1.82) is 0 Å². The van der Waals surface area contributed by atoms with E-state index in [1.165, 1.54) is 14.2 Å². The molecule has 0 radical (unpaired) electrons. The SMILES string of the molecule is CCC(CC)(CN)C(=O)Nc1cc(OC)c(OC)cc1Cl. The van der Waals surface area contributed by atoms with E-state index in [-0.39, 0.29) is 12.5 Å². The lowest BCUT2D eigenvalue weighted by molar-refractivity contribution is -0.125. The van der Waals surface area contributed by atoms with Crippen LogP contribution in [0.3, 0.4) is 0 Å². The molecule has 1 aromatic carbocycles. The van der Waals surface area contributed by atoms with Crippen molar-refractivity contribution in [3.05, 3.63) is 17.2 Å². The minimum absolute atomic E-state index is 0.135. The first-order chi connectivity index (χ1) is 9.97. The van der Waals surface area contributed by atoms with Gasteiger partial charge in [0.1, 0.15) is 0 Å². The molecule has 0 aliphatic heterocycles. The molecule has 0 saturated heterocycles. The normalized spacial score (nSPS) is 11.1. The van der Waals surface area contributed by atoms with Crippen LogP contribution in [0.4, 0.5) is 5.69 Å². The van der Waals surface area contributed by atoms with Gasteiger partial charge in [-0.2, -0.15) is 0 Å². The van der Waals surface area contributed by atoms with E-state index in [9.17, 15) is 4.79 Å². The van der Waals surface area contributed by atoms with E-state index < -0.39 is 5.41 Å². The van der Waals surface area contributed by atoms with Gasteiger partial charge in [-0.1, -0.05) is 25.4 Å². The van der Waals surface area contributed by atoms with Gasteiger partial charge in [-0.3, -0.25) is 4.79 Å². The number of nitrogens with one attached hydrogen (secondary N) is 1. The van der Waals surface area contributed by atoms with Crippen LogP contribution < -0.4 is 20.5 Å². The predicted molar refractivity (Wildman–Crippen MR) is 85.3 cm³/mol. The molecule has 0 spiro atoms. The molecule has 1 aromatic rings. The fourth-order valence-corrected chi connectivity index (χ4v) is 2.36. The number of benzene rings is 1. The zero-order chi connectivity index (χ0) is 16.0. The maximum Gasteiger partial charge on any atom is 0.231 e. The van der Waals surface area contributed by atoms with E-state index in [1.54, 1.807) is 12.1 Å². The summed E-state index contributed by atoms with van der Waals surface area (Å²) < 4.78 is 10.4. The first-order valence-corrected chi connectivity index (χ1v) is 7.28. The van der Waals surface area contributed by atoms with Gasteiger partial charge in [0.25, 0.3) is 0 Å². The van der Waals surface area contributed by atoms with Crippen molar-refractivity contribution in [3.63, 3.8) is 0 Å². The molecule has 0 unspecified atom stereocenters. The molecular weight excluding hydrogens is 292 g/mol. The summed E-state index contributed by atoms with van der Waals surface area (Å²) >= 11 is 6.18. The number of rotatable bonds is 7. The van der Waals surface area contributed by atoms with Crippen molar-refractivity contribution in [2.45, 2.75) is 26.7 Å². The maximum absolute atomic E-state index is 12.5. The third kappa shape index (κ3) is 3.60. The van der Waals surface area contributed by atoms with Gasteiger partial charge < -0.3 is 20.5 Å². The summed E-state index contributed by atoms with van der Waals surface area (Å²) in [5, 5.41) is 3.23. The number of nitrogens with two attached hydrogens (primary N) is 1. The molecule has 0 aliphatic carbocycles. The molecule has 6 heteroatoms. The number of carbonyl (C=O) groups is 1. The van der Waals surface area contributed by atoms with E-state index in [1.807, 2.05) is 13.8 Å². The average molecular weight is 315 g/mol. The van der Waals surface area contributed by atoms with Crippen LogP contribution in [0.2, 0.25) is 5.02 Å². The second kappa shape index (κ2) is 7.52. The summed E-state index contributed by atoms with van der Waals surface area (Å²) in [5.41, 5.74) is 5.68. The second-order valence-corrected chi connectivity index (χ2v) is 5.24. The third-order valence-electron chi connectivity index (χ3n) is 3.95. The Balaban J connectivity index is 3.10. The Labute approximate surface area is 130 Å². The number of carbonyl (C=O) groups excluding carboxylic acids is 1. The molecule has 1 rings (SSSR count). The third-order valence-corrected chi connectivity index (χ3v) is 4.26. The lowest BCUT2D eigenvalue weighted by atomic mass is 9.81. The molecule has 1 amide bonds. The molecule has 5 nitrogen and oxygen atoms in total. The molecular formula is C15H23ClN2O3. The summed E-state index contributed by atoms with van der Waals surface area (Å²) in [5.74, 6) is 0.879. The van der Waals surface area contributed by atoms with Gasteiger partial charge in [-0.25, -0.2) is 0 Å². The molecule has 0 aliphatic rings. The topological polar surface area (TPSA) is 73.6 Å². The average Bonchev–Trinajstić information content (AvgIpc) is 2.51. The number of ether oxygens (including phenoxy) is 2. The Morgan fingerprint density at radius 3 is 2.19 bits per heavy atom. The van der Waals surface area contributed by atoms with Crippen LogP contribution >= 0.6 is 11.6 Å². The number of hydrogen-bond acceptors (Lipinski definition) is 4. The molecule has 0 heterocycles. The van der Waals surface area contributed by atoms with Crippen LogP contribution in [0.5, 0.6) is 11.5 Å². The van der Waals surface area contributed by atoms with Crippen molar-refractivity contribution >= 4 is 23.2 Å². The smallest absolute Gasteiger partial charge is 0.231 e. The van der Waals surface area contributed by atoms with Crippen molar-refractivity contribution < 1.29 is 14.3 Å². The molecule has 21 heavy (non-hydrogen) atoms. The lowest BCUT2D eigenvalue weighted by Gasteiger charge is -2.28. The number of methoxy groups -OCH3 is 2. The standard InChI is InChI=1S/C15H23ClN2O3/c1-5-15(6-2,9-17)14(19)18-11-8-13(21-4)12(20-3)7-10(11)16/h7-8H,5-6,9,17H2,1-4H3,(H,18,19). The van der Waals surface area contributed by atoms with E-state index in [2.05, 4.69) is 5.32 Å². The zero-order valence-electron chi connectivity index (χ0n) is 13.0. The second-order valence-electron chi connectivity index (χ2n) is 4.83. The lowest BCUT2D eigenvalue weighted by Crippen LogP contribution is -2.41. The monoisotopic (exact) mass is 314 g/mol. The fourth-order valence-electron chi connectivity index (χ4n) is 2.16. The minimum Gasteiger partial charge on any atom is -0.493 e. The summed E-state index contributed by atoms with van der Waals surface area (Å²) in [6.45, 7) is 4.19. The summed E-state index contributed by atoms with van der Waals surface area (Å²) in [6.07, 6.45) is 1.33. The molecule has 0 saturated carbocycles. The molecule has 0 fully saturated rings. The molecule has 3 N–H and O–H groups in total. The van der Waals surface area contributed by atoms with Gasteiger partial charge in [0.15, 0.2) is 11.5 Å². The van der Waals surface area contributed by atoms with Crippen LogP contribution in [0, 0.1) is 5.41 Å². The highest BCUT2D eigenvalue weighted by molar-refractivity contribution is 6.34. The van der Waals surface area contributed by atoms with Crippen LogP contribution in [0.15, 0.2) is 12.1 Å². The van der Waals surface area contributed by atoms with E-state index in [0.29, 0.717) is 35.1 Å². The van der Waals surface area contributed by atoms with E-state index in [0.717, 1.165) is 0 Å². The number of amides is 1. The number of halogens is 1. The van der Waals surface area contributed by atoms with Gasteiger partial charge in [-0.05, 0) is 12.8 Å². The molecule has 118 valence electrons. The first-order valence-electron chi connectivity index (χ1n) is 6.91. The highest BCUT2D eigenvalue weighted by atomic mass is 35.5. The Morgan fingerprint density at radius 1 is 1.24 bits per heavy atom. The van der Waals surface area contributed by atoms with Crippen LogP contribution in [-0.2, 0) is 4.79 Å². The van der Waals surface area contributed by atoms with Crippen LogP contribution in [0.25, 0.3) is 0 Å². The largest absolute Gasteiger partial charge is 0.493 e.